The van der Waals surface area contributed by atoms with Crippen LogP contribution in [0.3, 0.4) is 0 Å². The van der Waals surface area contributed by atoms with Crippen molar-refractivity contribution in [3.63, 3.8) is 0 Å². The van der Waals surface area contributed by atoms with Gasteiger partial charge in [-0.05, 0) is 67.1 Å². The van der Waals surface area contributed by atoms with Crippen LogP contribution in [0.2, 0.25) is 0 Å². The van der Waals surface area contributed by atoms with Crippen molar-refractivity contribution >= 4 is 45.5 Å². The van der Waals surface area contributed by atoms with Gasteiger partial charge in [0.05, 0.1) is 11.3 Å². The summed E-state index contributed by atoms with van der Waals surface area (Å²) in [6.45, 7) is 1.39. The van der Waals surface area contributed by atoms with Gasteiger partial charge in [-0.2, -0.15) is 0 Å². The number of carbonyl (C=O) groups excluding carboxylic acids is 1. The number of benzene rings is 2. The van der Waals surface area contributed by atoms with Crippen LogP contribution in [-0.2, 0) is 6.42 Å². The second-order valence-electron chi connectivity index (χ2n) is 9.44. The number of aliphatic imine (C=N–C) groups is 1. The first-order chi connectivity index (χ1) is 18.9. The first-order valence-corrected chi connectivity index (χ1v) is 12.8. The highest BCUT2D eigenvalue weighted by Crippen LogP contribution is 2.41. The SMILES string of the molecule is CNC1CN(C(=O)c2ccc(Nc3ncc4c(n3)C3=CN=C(Cl)C=C(c5c(F)cccc5F)C3=CC4)cc2)C1. The number of carbonyl (C=O) groups is 1. The lowest BCUT2D eigenvalue weighted by molar-refractivity contribution is 0.0577. The molecule has 3 aromatic rings. The number of hydrogen-bond acceptors (Lipinski definition) is 6. The van der Waals surface area contributed by atoms with Crippen molar-refractivity contribution in [2.45, 2.75) is 12.5 Å². The fraction of sp³-hybridized carbons (Fsp3) is 0.172. The van der Waals surface area contributed by atoms with Gasteiger partial charge in [0.25, 0.3) is 5.91 Å². The van der Waals surface area contributed by atoms with E-state index in [1.54, 1.807) is 41.6 Å². The van der Waals surface area contributed by atoms with Crippen LogP contribution >= 0.6 is 11.6 Å². The average molecular weight is 545 g/mol. The van der Waals surface area contributed by atoms with E-state index < -0.39 is 11.6 Å². The first-order valence-electron chi connectivity index (χ1n) is 12.4. The Balaban J connectivity index is 1.27. The molecule has 10 heteroatoms. The summed E-state index contributed by atoms with van der Waals surface area (Å²) < 4.78 is 29.5. The number of rotatable bonds is 5. The molecule has 0 radical (unpaired) electrons. The van der Waals surface area contributed by atoms with E-state index >= 15 is 0 Å². The predicted octanol–water partition coefficient (Wildman–Crippen LogP) is 5.10. The summed E-state index contributed by atoms with van der Waals surface area (Å²) in [5.74, 6) is -1.06. The van der Waals surface area contributed by atoms with E-state index in [9.17, 15) is 13.6 Å². The smallest absolute Gasteiger partial charge is 0.253 e. The lowest BCUT2D eigenvalue weighted by atomic mass is 9.84. The molecule has 3 aliphatic rings. The molecule has 2 N–H and O–H groups in total. The Labute approximate surface area is 228 Å². The number of allylic oxidation sites excluding steroid dienone is 5. The number of amides is 1. The second-order valence-corrected chi connectivity index (χ2v) is 9.82. The summed E-state index contributed by atoms with van der Waals surface area (Å²) in [5.41, 5.74) is 4.04. The van der Waals surface area contributed by atoms with Gasteiger partial charge < -0.3 is 15.5 Å². The molecule has 0 spiro atoms. The van der Waals surface area contributed by atoms with E-state index in [4.69, 9.17) is 16.6 Å². The summed E-state index contributed by atoms with van der Waals surface area (Å²) in [6.07, 6.45) is 7.07. The fourth-order valence-corrected chi connectivity index (χ4v) is 5.00. The highest BCUT2D eigenvalue weighted by Gasteiger charge is 2.30. The summed E-state index contributed by atoms with van der Waals surface area (Å²) in [6, 6.07) is 11.2. The largest absolute Gasteiger partial charge is 0.335 e. The molecule has 6 rings (SSSR count). The van der Waals surface area contributed by atoms with Crippen LogP contribution < -0.4 is 10.6 Å². The molecule has 1 aliphatic carbocycles. The van der Waals surface area contributed by atoms with Gasteiger partial charge in [-0.15, -0.1) is 0 Å². The maximum absolute atomic E-state index is 14.8. The van der Waals surface area contributed by atoms with Crippen LogP contribution in [0.5, 0.6) is 0 Å². The molecule has 7 nitrogen and oxygen atoms in total. The van der Waals surface area contributed by atoms with E-state index in [-0.39, 0.29) is 16.6 Å². The van der Waals surface area contributed by atoms with E-state index in [2.05, 4.69) is 20.6 Å². The molecule has 1 aromatic heterocycles. The third-order valence-corrected chi connectivity index (χ3v) is 7.21. The van der Waals surface area contributed by atoms with E-state index in [1.165, 1.54) is 24.3 Å². The van der Waals surface area contributed by atoms with Crippen molar-refractivity contribution in [1.29, 1.82) is 0 Å². The minimum absolute atomic E-state index is 0.00735. The number of nitrogens with one attached hydrogen (secondary N) is 2. The molecular weight excluding hydrogens is 522 g/mol. The number of fused-ring (bicyclic) bond motifs is 3. The number of likely N-dealkylation sites (tertiary alicyclic amines) is 1. The number of halogens is 3. The molecule has 0 atom stereocenters. The third kappa shape index (κ3) is 4.75. The van der Waals surface area contributed by atoms with Crippen molar-refractivity contribution in [1.82, 2.24) is 20.2 Å². The Morgan fingerprint density at radius 3 is 2.51 bits per heavy atom. The first kappa shape index (κ1) is 25.1. The number of hydrogen-bond donors (Lipinski definition) is 2. The van der Waals surface area contributed by atoms with Crippen LogP contribution in [0.15, 0.2) is 77.6 Å². The van der Waals surface area contributed by atoms with Gasteiger partial charge in [-0.1, -0.05) is 23.7 Å². The molecule has 39 heavy (non-hydrogen) atoms. The predicted molar refractivity (Wildman–Crippen MR) is 148 cm³/mol. The molecule has 0 unspecified atom stereocenters. The molecule has 196 valence electrons. The Bertz CT molecular complexity index is 1590. The number of aromatic nitrogens is 2. The number of anilines is 2. The molecule has 0 bridgehead atoms. The van der Waals surface area contributed by atoms with Gasteiger partial charge in [0, 0.05) is 53.9 Å². The van der Waals surface area contributed by atoms with E-state index in [1.807, 2.05) is 13.1 Å². The quantitative estimate of drug-likeness (QED) is 0.467. The van der Waals surface area contributed by atoms with Gasteiger partial charge in [-0.3, -0.25) is 4.79 Å². The lowest BCUT2D eigenvalue weighted by Crippen LogP contribution is -2.58. The van der Waals surface area contributed by atoms with E-state index in [0.717, 1.165) is 5.56 Å². The molecule has 1 amide bonds. The Morgan fingerprint density at radius 2 is 1.79 bits per heavy atom. The third-order valence-electron chi connectivity index (χ3n) is 7.00. The van der Waals surface area contributed by atoms with Crippen molar-refractivity contribution < 1.29 is 13.6 Å². The maximum atomic E-state index is 14.8. The van der Waals surface area contributed by atoms with Crippen LogP contribution in [-0.4, -0.2) is 52.1 Å². The van der Waals surface area contributed by atoms with Crippen LogP contribution in [0.1, 0.15) is 27.2 Å². The average Bonchev–Trinajstić information content (AvgIpc) is 3.07. The Kier molecular flexibility index (Phi) is 6.54. The van der Waals surface area contributed by atoms with Gasteiger partial charge in [-0.25, -0.2) is 23.7 Å². The molecular formula is C29H23ClF2N6O. The fourth-order valence-electron chi connectivity index (χ4n) is 4.84. The van der Waals surface area contributed by atoms with Crippen molar-refractivity contribution in [3.8, 4) is 0 Å². The number of nitrogens with zero attached hydrogens (tertiary/aromatic N) is 4. The minimum Gasteiger partial charge on any atom is -0.335 e. The zero-order chi connectivity index (χ0) is 27.1. The highest BCUT2D eigenvalue weighted by molar-refractivity contribution is 6.69. The molecule has 1 fully saturated rings. The molecule has 2 aliphatic heterocycles. The molecule has 1 saturated heterocycles. The Morgan fingerprint density at radius 1 is 1.05 bits per heavy atom. The monoisotopic (exact) mass is 544 g/mol. The van der Waals surface area contributed by atoms with Gasteiger partial charge in [0.15, 0.2) is 0 Å². The van der Waals surface area contributed by atoms with Gasteiger partial charge in [0.2, 0.25) is 5.95 Å². The topological polar surface area (TPSA) is 82.5 Å². The van der Waals surface area contributed by atoms with Crippen LogP contribution in [0, 0.1) is 11.6 Å². The van der Waals surface area contributed by atoms with Crippen molar-refractivity contribution in [2.75, 3.05) is 25.5 Å². The second kappa shape index (κ2) is 10.2. The summed E-state index contributed by atoms with van der Waals surface area (Å²) >= 11 is 6.26. The minimum atomic E-state index is -0.693. The number of likely N-dealkylation sites (N-methyl/N-ethyl adjacent to an activating group) is 1. The summed E-state index contributed by atoms with van der Waals surface area (Å²) in [4.78, 5) is 27.9. The highest BCUT2D eigenvalue weighted by atomic mass is 35.5. The van der Waals surface area contributed by atoms with E-state index in [0.29, 0.717) is 65.2 Å². The molecule has 2 aromatic carbocycles. The Hall–Kier alpha value is -4.21. The van der Waals surface area contributed by atoms with Crippen LogP contribution in [0.25, 0.3) is 11.1 Å². The van der Waals surface area contributed by atoms with Gasteiger partial charge >= 0.3 is 0 Å². The molecule has 3 heterocycles. The molecule has 0 saturated carbocycles. The van der Waals surface area contributed by atoms with Crippen molar-refractivity contribution in [2.24, 2.45) is 4.99 Å². The zero-order valence-corrected chi connectivity index (χ0v) is 21.6. The van der Waals surface area contributed by atoms with Crippen LogP contribution in [0.4, 0.5) is 20.4 Å². The summed E-state index contributed by atoms with van der Waals surface area (Å²) in [5, 5.41) is 6.43. The standard InChI is InChI=1S/C29H23ClF2N6O/c1-33-19-14-38(15-19)28(39)16-5-8-18(9-6-16)36-29-35-12-17-7-10-20-21(26-23(31)3-2-4-24(26)32)11-25(30)34-13-22(20)27(17)37-29/h2-6,8-13,19,33H,7,14-15H2,1H3,(H,35,36,37). The zero-order valence-electron chi connectivity index (χ0n) is 20.9. The normalized spacial score (nSPS) is 16.6. The lowest BCUT2D eigenvalue weighted by Gasteiger charge is -2.39. The maximum Gasteiger partial charge on any atom is 0.253 e. The van der Waals surface area contributed by atoms with Crippen molar-refractivity contribution in [3.05, 3.63) is 107 Å². The van der Waals surface area contributed by atoms with Gasteiger partial charge in [0.1, 0.15) is 16.8 Å². The summed E-state index contributed by atoms with van der Waals surface area (Å²) in [7, 11) is 1.89.